The maximum Gasteiger partial charge on any atom is 0.261 e. The highest BCUT2D eigenvalue weighted by Gasteiger charge is 2.17. The molecular weight excluding hydrogens is 298 g/mol. The molecule has 0 fully saturated rings. The predicted molar refractivity (Wildman–Crippen MR) is 76.2 cm³/mol. The minimum Gasteiger partial charge on any atom is -0.326 e. The average Bonchev–Trinajstić information content (AvgIpc) is 2.44. The zero-order valence-corrected chi connectivity index (χ0v) is 12.0. The van der Waals surface area contributed by atoms with Gasteiger partial charge in [-0.15, -0.1) is 0 Å². The van der Waals surface area contributed by atoms with Crippen LogP contribution in [-0.2, 0) is 16.6 Å². The summed E-state index contributed by atoms with van der Waals surface area (Å²) in [6, 6.07) is 7.68. The number of hydrogen-bond acceptors (Lipinski definition) is 3. The normalized spacial score (nSPS) is 11.4. The number of aryl methyl sites for hydroxylation is 1. The number of nitrogens with two attached hydrogens (primary N) is 1. The highest BCUT2D eigenvalue weighted by atomic mass is 32.2. The van der Waals surface area contributed by atoms with E-state index >= 15 is 0 Å². The number of hydrogen-bond donors (Lipinski definition) is 2. The lowest BCUT2D eigenvalue weighted by atomic mass is 10.2. The van der Waals surface area contributed by atoms with Crippen LogP contribution in [0.15, 0.2) is 41.3 Å². The minimum absolute atomic E-state index is 0.0640. The quantitative estimate of drug-likeness (QED) is 0.911. The van der Waals surface area contributed by atoms with Gasteiger partial charge in [-0.2, -0.15) is 0 Å². The lowest BCUT2D eigenvalue weighted by Gasteiger charge is -2.10. The Kier molecular flexibility index (Phi) is 4.24. The van der Waals surface area contributed by atoms with Gasteiger partial charge in [-0.05, 0) is 36.2 Å². The molecule has 0 aromatic heterocycles. The molecule has 7 heteroatoms. The van der Waals surface area contributed by atoms with Crippen molar-refractivity contribution in [2.45, 2.75) is 18.4 Å². The molecule has 0 aliphatic rings. The van der Waals surface area contributed by atoms with Gasteiger partial charge in [0.05, 0.1) is 10.6 Å². The van der Waals surface area contributed by atoms with E-state index in [2.05, 4.69) is 0 Å². The Labute approximate surface area is 121 Å². The second kappa shape index (κ2) is 5.79. The Bertz CT molecular complexity index is 777. The Morgan fingerprint density at radius 2 is 1.86 bits per heavy atom. The van der Waals surface area contributed by atoms with Crippen molar-refractivity contribution in [2.75, 3.05) is 4.72 Å². The van der Waals surface area contributed by atoms with Gasteiger partial charge in [0.1, 0.15) is 11.6 Å². The number of halogens is 2. The smallest absolute Gasteiger partial charge is 0.261 e. The fourth-order valence-corrected chi connectivity index (χ4v) is 2.90. The Hall–Kier alpha value is -1.99. The first-order valence-corrected chi connectivity index (χ1v) is 7.59. The van der Waals surface area contributed by atoms with E-state index < -0.39 is 27.3 Å². The van der Waals surface area contributed by atoms with Crippen molar-refractivity contribution in [2.24, 2.45) is 5.73 Å². The van der Waals surface area contributed by atoms with Crippen LogP contribution >= 0.6 is 0 Å². The highest BCUT2D eigenvalue weighted by Crippen LogP contribution is 2.22. The third-order valence-corrected chi connectivity index (χ3v) is 4.30. The molecule has 2 rings (SSSR count). The van der Waals surface area contributed by atoms with Crippen LogP contribution in [0.25, 0.3) is 0 Å². The number of sulfonamides is 1. The zero-order valence-electron chi connectivity index (χ0n) is 11.2. The van der Waals surface area contributed by atoms with E-state index in [1.165, 1.54) is 25.1 Å². The molecular formula is C14H14F2N2O2S. The predicted octanol–water partition coefficient (Wildman–Crippen LogP) is 2.53. The van der Waals surface area contributed by atoms with Gasteiger partial charge in [-0.1, -0.05) is 12.1 Å². The maximum absolute atomic E-state index is 13.7. The molecule has 0 aliphatic heterocycles. The van der Waals surface area contributed by atoms with Crippen LogP contribution in [0.2, 0.25) is 0 Å². The van der Waals surface area contributed by atoms with Crippen molar-refractivity contribution in [1.82, 2.24) is 0 Å². The van der Waals surface area contributed by atoms with Crippen LogP contribution in [0.4, 0.5) is 14.5 Å². The largest absolute Gasteiger partial charge is 0.326 e. The molecule has 21 heavy (non-hydrogen) atoms. The van der Waals surface area contributed by atoms with E-state index in [0.717, 1.165) is 12.1 Å². The molecule has 0 saturated carbocycles. The standard InChI is InChI=1S/C14H14F2N2O2S/c1-9-5-13(16)14(7-12(9)15)18-21(19,20)11-4-2-3-10(6-11)8-17/h2-7,18H,8,17H2,1H3. The molecule has 0 spiro atoms. The lowest BCUT2D eigenvalue weighted by molar-refractivity contribution is 0.590. The maximum atomic E-state index is 13.7. The summed E-state index contributed by atoms with van der Waals surface area (Å²) in [6.45, 7) is 1.57. The Morgan fingerprint density at radius 3 is 2.52 bits per heavy atom. The fraction of sp³-hybridized carbons (Fsp3) is 0.143. The number of rotatable bonds is 4. The minimum atomic E-state index is -4.01. The Balaban J connectivity index is 2.39. The molecule has 0 aliphatic carbocycles. The molecule has 3 N–H and O–H groups in total. The van der Waals surface area contributed by atoms with E-state index in [-0.39, 0.29) is 17.0 Å². The molecule has 2 aromatic rings. The topological polar surface area (TPSA) is 72.2 Å². The molecule has 0 heterocycles. The zero-order chi connectivity index (χ0) is 15.6. The van der Waals surface area contributed by atoms with E-state index in [9.17, 15) is 17.2 Å². The number of benzene rings is 2. The van der Waals surface area contributed by atoms with Gasteiger partial charge in [-0.3, -0.25) is 4.72 Å². The van der Waals surface area contributed by atoms with E-state index in [0.29, 0.717) is 5.56 Å². The monoisotopic (exact) mass is 312 g/mol. The van der Waals surface area contributed by atoms with E-state index in [1.54, 1.807) is 6.07 Å². The Morgan fingerprint density at radius 1 is 1.14 bits per heavy atom. The number of nitrogens with one attached hydrogen (secondary N) is 1. The summed E-state index contributed by atoms with van der Waals surface area (Å²) in [4.78, 5) is -0.0640. The molecule has 112 valence electrons. The first kappa shape index (κ1) is 15.4. The summed E-state index contributed by atoms with van der Waals surface area (Å²) in [5, 5.41) is 0. The van der Waals surface area contributed by atoms with Crippen molar-refractivity contribution >= 4 is 15.7 Å². The first-order chi connectivity index (χ1) is 9.83. The van der Waals surface area contributed by atoms with Gasteiger partial charge >= 0.3 is 0 Å². The molecule has 0 unspecified atom stereocenters. The van der Waals surface area contributed by atoms with Crippen LogP contribution in [0, 0.1) is 18.6 Å². The lowest BCUT2D eigenvalue weighted by Crippen LogP contribution is -2.15. The van der Waals surface area contributed by atoms with Gasteiger partial charge in [0.15, 0.2) is 0 Å². The van der Waals surface area contributed by atoms with E-state index in [1.807, 2.05) is 4.72 Å². The summed E-state index contributed by atoms with van der Waals surface area (Å²) < 4.78 is 53.5. The summed E-state index contributed by atoms with van der Waals surface area (Å²) in [6.07, 6.45) is 0. The first-order valence-electron chi connectivity index (χ1n) is 6.11. The second-order valence-corrected chi connectivity index (χ2v) is 6.22. The SMILES string of the molecule is Cc1cc(F)c(NS(=O)(=O)c2cccc(CN)c2)cc1F. The molecule has 2 aromatic carbocycles. The third kappa shape index (κ3) is 3.37. The van der Waals surface area contributed by atoms with E-state index in [4.69, 9.17) is 5.73 Å². The van der Waals surface area contributed by atoms with Crippen molar-refractivity contribution in [3.8, 4) is 0 Å². The summed E-state index contributed by atoms with van der Waals surface area (Å²) >= 11 is 0. The van der Waals surface area contributed by atoms with Crippen molar-refractivity contribution in [1.29, 1.82) is 0 Å². The van der Waals surface area contributed by atoms with Gasteiger partial charge in [-0.25, -0.2) is 17.2 Å². The van der Waals surface area contributed by atoms with Gasteiger partial charge in [0.25, 0.3) is 10.0 Å². The van der Waals surface area contributed by atoms with Crippen LogP contribution < -0.4 is 10.5 Å². The summed E-state index contributed by atoms with van der Waals surface area (Å²) in [5.41, 5.74) is 5.73. The van der Waals surface area contributed by atoms with Crippen molar-refractivity contribution in [3.05, 3.63) is 59.2 Å². The van der Waals surface area contributed by atoms with Crippen LogP contribution in [-0.4, -0.2) is 8.42 Å². The molecule has 0 bridgehead atoms. The van der Waals surface area contributed by atoms with Gasteiger partial charge in [0.2, 0.25) is 0 Å². The third-order valence-electron chi connectivity index (χ3n) is 2.94. The van der Waals surface area contributed by atoms with Crippen LogP contribution in [0.1, 0.15) is 11.1 Å². The van der Waals surface area contributed by atoms with Crippen LogP contribution in [0.3, 0.4) is 0 Å². The van der Waals surface area contributed by atoms with Gasteiger partial charge < -0.3 is 5.73 Å². The molecule has 0 amide bonds. The fourth-order valence-electron chi connectivity index (χ4n) is 1.77. The summed E-state index contributed by atoms with van der Waals surface area (Å²) in [5.74, 6) is -1.53. The van der Waals surface area contributed by atoms with Crippen LogP contribution in [0.5, 0.6) is 0 Å². The summed E-state index contributed by atoms with van der Waals surface area (Å²) in [7, 11) is -4.01. The molecule has 0 radical (unpaired) electrons. The van der Waals surface area contributed by atoms with Crippen molar-refractivity contribution in [3.63, 3.8) is 0 Å². The molecule has 0 saturated heterocycles. The van der Waals surface area contributed by atoms with Gasteiger partial charge in [0, 0.05) is 12.6 Å². The second-order valence-electron chi connectivity index (χ2n) is 4.54. The number of anilines is 1. The highest BCUT2D eigenvalue weighted by molar-refractivity contribution is 7.92. The molecule has 0 atom stereocenters. The van der Waals surface area contributed by atoms with Crippen molar-refractivity contribution < 1.29 is 17.2 Å². The average molecular weight is 312 g/mol. The molecule has 4 nitrogen and oxygen atoms in total.